The van der Waals surface area contributed by atoms with Crippen molar-refractivity contribution < 1.29 is 4.79 Å². The summed E-state index contributed by atoms with van der Waals surface area (Å²) in [5.41, 5.74) is 6.58. The molecule has 1 atom stereocenters. The Labute approximate surface area is 116 Å². The van der Waals surface area contributed by atoms with Crippen molar-refractivity contribution in [3.05, 3.63) is 41.7 Å². The largest absolute Gasteiger partial charge is 0.368 e. The highest BCUT2D eigenvalue weighted by Crippen LogP contribution is 2.16. The lowest BCUT2D eigenvalue weighted by Crippen LogP contribution is -2.29. The van der Waals surface area contributed by atoms with Crippen LogP contribution in [-0.2, 0) is 17.0 Å². The zero-order chi connectivity index (χ0) is 13.7. The number of rotatable bonds is 6. The molecule has 0 spiro atoms. The van der Waals surface area contributed by atoms with Gasteiger partial charge in [0.05, 0.1) is 5.75 Å². The van der Waals surface area contributed by atoms with E-state index in [9.17, 15) is 4.79 Å². The molecule has 6 nitrogen and oxygen atoms in total. The molecule has 19 heavy (non-hydrogen) atoms. The molecule has 0 aliphatic heterocycles. The van der Waals surface area contributed by atoms with Crippen molar-refractivity contribution in [1.29, 1.82) is 0 Å². The lowest BCUT2D eigenvalue weighted by Gasteiger charge is -2.14. The third-order valence-corrected chi connectivity index (χ3v) is 3.16. The Hall–Kier alpha value is -1.89. The maximum Gasteiger partial charge on any atom is 0.242 e. The predicted molar refractivity (Wildman–Crippen MR) is 73.5 cm³/mol. The van der Waals surface area contributed by atoms with Crippen molar-refractivity contribution >= 4 is 18.5 Å². The van der Waals surface area contributed by atoms with Gasteiger partial charge in [0.2, 0.25) is 5.91 Å². The SMILES string of the molecule is NC(=O)C(CCc1ccccc1)n1nnnc1CS. The summed E-state index contributed by atoms with van der Waals surface area (Å²) < 4.78 is 1.46. The summed E-state index contributed by atoms with van der Waals surface area (Å²) >= 11 is 4.13. The summed E-state index contributed by atoms with van der Waals surface area (Å²) in [5.74, 6) is 0.466. The molecule has 1 amide bonds. The molecule has 1 aromatic heterocycles. The first kappa shape index (κ1) is 13.5. The van der Waals surface area contributed by atoms with Gasteiger partial charge < -0.3 is 5.73 Å². The molecular formula is C12H15N5OS. The molecule has 2 N–H and O–H groups in total. The van der Waals surface area contributed by atoms with Gasteiger partial charge in [-0.25, -0.2) is 4.68 Å². The molecule has 0 aliphatic carbocycles. The van der Waals surface area contributed by atoms with E-state index in [1.165, 1.54) is 4.68 Å². The Bertz CT molecular complexity index is 542. The van der Waals surface area contributed by atoms with Gasteiger partial charge in [0.1, 0.15) is 6.04 Å². The highest BCUT2D eigenvalue weighted by atomic mass is 32.1. The van der Waals surface area contributed by atoms with Gasteiger partial charge in [-0.3, -0.25) is 4.79 Å². The van der Waals surface area contributed by atoms with E-state index < -0.39 is 11.9 Å². The number of aromatic nitrogens is 4. The number of primary amides is 1. The highest BCUT2D eigenvalue weighted by molar-refractivity contribution is 7.79. The Morgan fingerprint density at radius 3 is 2.74 bits per heavy atom. The molecule has 0 bridgehead atoms. The van der Waals surface area contributed by atoms with E-state index in [2.05, 4.69) is 28.2 Å². The van der Waals surface area contributed by atoms with Gasteiger partial charge in [-0.05, 0) is 28.8 Å². The molecule has 0 saturated heterocycles. The van der Waals surface area contributed by atoms with Gasteiger partial charge >= 0.3 is 0 Å². The molecule has 0 saturated carbocycles. The quantitative estimate of drug-likeness (QED) is 0.763. The average molecular weight is 277 g/mol. The van der Waals surface area contributed by atoms with Crippen LogP contribution in [0.25, 0.3) is 0 Å². The van der Waals surface area contributed by atoms with Crippen LogP contribution >= 0.6 is 12.6 Å². The third kappa shape index (κ3) is 3.31. The first-order valence-corrected chi connectivity index (χ1v) is 6.56. The van der Waals surface area contributed by atoms with E-state index in [0.717, 1.165) is 12.0 Å². The van der Waals surface area contributed by atoms with Crippen LogP contribution < -0.4 is 5.73 Å². The smallest absolute Gasteiger partial charge is 0.242 e. The zero-order valence-electron chi connectivity index (χ0n) is 10.3. The Kier molecular flexibility index (Phi) is 4.51. The van der Waals surface area contributed by atoms with E-state index in [4.69, 9.17) is 5.73 Å². The van der Waals surface area contributed by atoms with Gasteiger partial charge in [-0.2, -0.15) is 12.6 Å². The van der Waals surface area contributed by atoms with E-state index in [-0.39, 0.29) is 0 Å². The standard InChI is InChI=1S/C12H15N5OS/c13-12(18)10(17-11(8-19)14-15-16-17)7-6-9-4-2-1-3-5-9/h1-5,10,19H,6-8H2,(H2,13,18). The van der Waals surface area contributed by atoms with Crippen LogP contribution in [0.1, 0.15) is 23.9 Å². The summed E-state index contributed by atoms with van der Waals surface area (Å²) in [6.07, 6.45) is 1.30. The van der Waals surface area contributed by atoms with Crippen molar-refractivity contribution in [3.8, 4) is 0 Å². The second-order valence-electron chi connectivity index (χ2n) is 4.14. The van der Waals surface area contributed by atoms with Crippen LogP contribution in [0.4, 0.5) is 0 Å². The minimum Gasteiger partial charge on any atom is -0.368 e. The maximum absolute atomic E-state index is 11.6. The molecule has 2 aromatic rings. The number of thiol groups is 1. The topological polar surface area (TPSA) is 86.7 Å². The summed E-state index contributed by atoms with van der Waals surface area (Å²) in [5, 5.41) is 11.2. The fourth-order valence-electron chi connectivity index (χ4n) is 1.89. The number of hydrogen-bond donors (Lipinski definition) is 2. The molecule has 2 rings (SSSR count). The molecule has 0 radical (unpaired) electrons. The number of aryl methyl sites for hydroxylation is 1. The molecule has 7 heteroatoms. The molecule has 1 unspecified atom stereocenters. The fourth-order valence-corrected chi connectivity index (χ4v) is 2.10. The van der Waals surface area contributed by atoms with Crippen LogP contribution in [0, 0.1) is 0 Å². The number of tetrazole rings is 1. The van der Waals surface area contributed by atoms with Crippen molar-refractivity contribution in [2.24, 2.45) is 5.73 Å². The van der Waals surface area contributed by atoms with Gasteiger partial charge in [-0.1, -0.05) is 30.3 Å². The number of carbonyl (C=O) groups excluding carboxylic acids is 1. The number of hydrogen-bond acceptors (Lipinski definition) is 5. The second kappa shape index (κ2) is 6.33. The maximum atomic E-state index is 11.6. The predicted octanol–water partition coefficient (Wildman–Crippen LogP) is 0.762. The summed E-state index contributed by atoms with van der Waals surface area (Å²) in [7, 11) is 0. The Morgan fingerprint density at radius 2 is 2.11 bits per heavy atom. The minimum atomic E-state index is -0.544. The molecule has 100 valence electrons. The minimum absolute atomic E-state index is 0.363. The summed E-state index contributed by atoms with van der Waals surface area (Å²) in [4.78, 5) is 11.6. The first-order chi connectivity index (χ1) is 9.22. The van der Waals surface area contributed by atoms with Crippen LogP contribution in [0.5, 0.6) is 0 Å². The molecule has 0 aliphatic rings. The average Bonchev–Trinajstić information content (AvgIpc) is 2.88. The molecule has 1 aromatic carbocycles. The second-order valence-corrected chi connectivity index (χ2v) is 4.46. The first-order valence-electron chi connectivity index (χ1n) is 5.93. The molecular weight excluding hydrogens is 262 g/mol. The number of benzene rings is 1. The van der Waals surface area contributed by atoms with Crippen LogP contribution in [0.2, 0.25) is 0 Å². The monoisotopic (exact) mass is 277 g/mol. The van der Waals surface area contributed by atoms with E-state index in [1.807, 2.05) is 30.3 Å². The number of nitrogens with two attached hydrogens (primary N) is 1. The van der Waals surface area contributed by atoms with Gasteiger partial charge in [0.15, 0.2) is 5.82 Å². The summed E-state index contributed by atoms with van der Waals surface area (Å²) in [6.45, 7) is 0. The zero-order valence-corrected chi connectivity index (χ0v) is 11.2. The van der Waals surface area contributed by atoms with Crippen molar-refractivity contribution in [1.82, 2.24) is 20.2 Å². The van der Waals surface area contributed by atoms with Crippen LogP contribution in [0.15, 0.2) is 30.3 Å². The van der Waals surface area contributed by atoms with Crippen LogP contribution in [0.3, 0.4) is 0 Å². The van der Waals surface area contributed by atoms with E-state index in [1.54, 1.807) is 0 Å². The van der Waals surface area contributed by atoms with E-state index in [0.29, 0.717) is 18.0 Å². The lowest BCUT2D eigenvalue weighted by atomic mass is 10.0. The third-order valence-electron chi connectivity index (χ3n) is 2.88. The van der Waals surface area contributed by atoms with Gasteiger partial charge in [0.25, 0.3) is 0 Å². The Morgan fingerprint density at radius 1 is 1.37 bits per heavy atom. The number of amides is 1. The Balaban J connectivity index is 2.11. The van der Waals surface area contributed by atoms with Gasteiger partial charge in [0, 0.05) is 0 Å². The van der Waals surface area contributed by atoms with Crippen LogP contribution in [-0.4, -0.2) is 26.1 Å². The number of carbonyl (C=O) groups is 1. The van der Waals surface area contributed by atoms with Crippen molar-refractivity contribution in [2.45, 2.75) is 24.6 Å². The van der Waals surface area contributed by atoms with E-state index >= 15 is 0 Å². The lowest BCUT2D eigenvalue weighted by molar-refractivity contribution is -0.121. The normalized spacial score (nSPS) is 12.3. The van der Waals surface area contributed by atoms with Crippen molar-refractivity contribution in [2.75, 3.05) is 0 Å². The number of nitrogens with zero attached hydrogens (tertiary/aromatic N) is 4. The molecule has 1 heterocycles. The summed E-state index contributed by atoms with van der Waals surface area (Å²) in [6, 6.07) is 9.36. The highest BCUT2D eigenvalue weighted by Gasteiger charge is 2.21. The van der Waals surface area contributed by atoms with Crippen molar-refractivity contribution in [3.63, 3.8) is 0 Å². The fraction of sp³-hybridized carbons (Fsp3) is 0.333. The van der Waals surface area contributed by atoms with Gasteiger partial charge in [-0.15, -0.1) is 5.10 Å². The molecule has 0 fully saturated rings.